The fraction of sp³-hybridized carbons (Fsp3) is 1.00. The third-order valence-corrected chi connectivity index (χ3v) is 4.17. The van der Waals surface area contributed by atoms with Gasteiger partial charge in [-0.2, -0.15) is 4.31 Å². The van der Waals surface area contributed by atoms with Gasteiger partial charge in [0, 0.05) is 13.1 Å². The Morgan fingerprint density at radius 2 is 1.79 bits per heavy atom. The van der Waals surface area contributed by atoms with E-state index in [0.29, 0.717) is 6.54 Å². The predicted octanol–water partition coefficient (Wildman–Crippen LogP) is 0.817. The maximum Gasteiger partial charge on any atom is 0.216 e. The molecule has 0 fully saturated rings. The Morgan fingerprint density at radius 1 is 1.36 bits per heavy atom. The molecule has 0 heterocycles. The van der Waals surface area contributed by atoms with Crippen LogP contribution in [0.3, 0.4) is 0 Å². The average Bonchev–Trinajstić information content (AvgIpc) is 1.97. The summed E-state index contributed by atoms with van der Waals surface area (Å²) in [6.45, 7) is 8.79. The normalized spacial score (nSPS) is 14.0. The first kappa shape index (κ1) is 13.9. The Morgan fingerprint density at radius 3 is 2.00 bits per heavy atom. The minimum absolute atomic E-state index is 0.143. The lowest BCUT2D eigenvalue weighted by Gasteiger charge is -2.28. The molecule has 0 amide bonds. The summed E-state index contributed by atoms with van der Waals surface area (Å²) in [6, 6.07) is 0. The molecule has 0 atom stereocenters. The van der Waals surface area contributed by atoms with Gasteiger partial charge in [-0.25, -0.2) is 8.42 Å². The van der Waals surface area contributed by atoms with Crippen molar-refractivity contribution in [2.24, 2.45) is 0 Å². The average molecular weight is 223 g/mol. The number of hydrogen-bond donors (Lipinski definition) is 1. The highest BCUT2D eigenvalue weighted by molar-refractivity contribution is 7.89. The van der Waals surface area contributed by atoms with Crippen molar-refractivity contribution >= 4 is 10.0 Å². The summed E-state index contributed by atoms with van der Waals surface area (Å²) in [5, 5.41) is 9.12. The van der Waals surface area contributed by atoms with E-state index in [1.54, 1.807) is 34.6 Å². The summed E-state index contributed by atoms with van der Waals surface area (Å²) in [4.78, 5) is 0. The van der Waals surface area contributed by atoms with Gasteiger partial charge in [-0.05, 0) is 27.7 Å². The van der Waals surface area contributed by atoms with Crippen LogP contribution in [0.5, 0.6) is 0 Å². The smallest absolute Gasteiger partial charge is 0.216 e. The van der Waals surface area contributed by atoms with Gasteiger partial charge in [0.1, 0.15) is 0 Å². The topological polar surface area (TPSA) is 57.6 Å². The summed E-state index contributed by atoms with van der Waals surface area (Å²) in [5.41, 5.74) is -0.988. The van der Waals surface area contributed by atoms with Crippen LogP contribution in [0.15, 0.2) is 0 Å². The summed E-state index contributed by atoms with van der Waals surface area (Å²) in [5.74, 6) is 0. The van der Waals surface area contributed by atoms with E-state index in [-0.39, 0.29) is 6.54 Å². The SMILES string of the molecule is CCN(CC(C)(C)O)S(=O)(=O)C(C)C. The van der Waals surface area contributed by atoms with E-state index in [1.165, 1.54) is 4.31 Å². The molecule has 0 unspecified atom stereocenters. The highest BCUT2D eigenvalue weighted by Gasteiger charge is 2.28. The summed E-state index contributed by atoms with van der Waals surface area (Å²) in [6.07, 6.45) is 0. The van der Waals surface area contributed by atoms with Crippen molar-refractivity contribution in [3.8, 4) is 0 Å². The van der Waals surface area contributed by atoms with Gasteiger partial charge in [0.05, 0.1) is 10.9 Å². The van der Waals surface area contributed by atoms with Gasteiger partial charge in [0.2, 0.25) is 10.0 Å². The van der Waals surface area contributed by atoms with Crippen LogP contribution in [0.4, 0.5) is 0 Å². The van der Waals surface area contributed by atoms with Crippen molar-refractivity contribution in [2.45, 2.75) is 45.5 Å². The fourth-order valence-electron chi connectivity index (χ4n) is 1.11. The van der Waals surface area contributed by atoms with Gasteiger partial charge < -0.3 is 5.11 Å². The molecule has 0 aliphatic heterocycles. The number of likely N-dealkylation sites (N-methyl/N-ethyl adjacent to an activating group) is 1. The molecule has 0 rings (SSSR count). The zero-order valence-corrected chi connectivity index (χ0v) is 10.4. The van der Waals surface area contributed by atoms with Crippen molar-refractivity contribution in [1.82, 2.24) is 4.31 Å². The first-order chi connectivity index (χ1) is 6.11. The molecule has 1 N–H and O–H groups in total. The second-order valence-electron chi connectivity index (χ2n) is 4.33. The quantitative estimate of drug-likeness (QED) is 0.750. The molecule has 0 aromatic carbocycles. The second-order valence-corrected chi connectivity index (χ2v) is 6.82. The number of rotatable bonds is 5. The summed E-state index contributed by atoms with van der Waals surface area (Å²) < 4.78 is 24.8. The van der Waals surface area contributed by atoms with Crippen LogP contribution in [0.25, 0.3) is 0 Å². The van der Waals surface area contributed by atoms with Crippen molar-refractivity contribution in [3.63, 3.8) is 0 Å². The van der Waals surface area contributed by atoms with Gasteiger partial charge in [0.15, 0.2) is 0 Å². The molecule has 0 radical (unpaired) electrons. The van der Waals surface area contributed by atoms with Crippen molar-refractivity contribution in [1.29, 1.82) is 0 Å². The maximum absolute atomic E-state index is 11.8. The van der Waals surface area contributed by atoms with Crippen molar-refractivity contribution in [3.05, 3.63) is 0 Å². The summed E-state index contributed by atoms with van der Waals surface area (Å²) in [7, 11) is -3.25. The van der Waals surface area contributed by atoms with E-state index >= 15 is 0 Å². The second kappa shape index (κ2) is 4.59. The lowest BCUT2D eigenvalue weighted by molar-refractivity contribution is 0.0600. The predicted molar refractivity (Wildman–Crippen MR) is 57.6 cm³/mol. The third kappa shape index (κ3) is 3.94. The van der Waals surface area contributed by atoms with E-state index in [4.69, 9.17) is 0 Å². The third-order valence-electron chi connectivity index (χ3n) is 1.87. The highest BCUT2D eigenvalue weighted by atomic mass is 32.2. The van der Waals surface area contributed by atoms with E-state index in [9.17, 15) is 13.5 Å². The Labute approximate surface area is 87.0 Å². The van der Waals surface area contributed by atoms with Gasteiger partial charge in [-0.3, -0.25) is 0 Å². The van der Waals surface area contributed by atoms with Crippen LogP contribution in [0.2, 0.25) is 0 Å². The van der Waals surface area contributed by atoms with Crippen LogP contribution in [0.1, 0.15) is 34.6 Å². The number of nitrogens with zero attached hydrogens (tertiary/aromatic N) is 1. The number of sulfonamides is 1. The molecular weight excluding hydrogens is 202 g/mol. The van der Waals surface area contributed by atoms with Crippen molar-refractivity contribution < 1.29 is 13.5 Å². The highest BCUT2D eigenvalue weighted by Crippen LogP contribution is 2.13. The molecule has 0 aliphatic rings. The fourth-order valence-corrected chi connectivity index (χ4v) is 2.56. The van der Waals surface area contributed by atoms with Gasteiger partial charge in [-0.1, -0.05) is 6.92 Å². The van der Waals surface area contributed by atoms with Gasteiger partial charge in [0.25, 0.3) is 0 Å². The molecule has 0 aliphatic carbocycles. The monoisotopic (exact) mass is 223 g/mol. The lowest BCUT2D eigenvalue weighted by Crippen LogP contribution is -2.44. The van der Waals surface area contributed by atoms with Gasteiger partial charge in [-0.15, -0.1) is 0 Å². The van der Waals surface area contributed by atoms with E-state index in [1.807, 2.05) is 0 Å². The van der Waals surface area contributed by atoms with Crippen LogP contribution in [0, 0.1) is 0 Å². The van der Waals surface area contributed by atoms with Crippen LogP contribution >= 0.6 is 0 Å². The molecular formula is C9H21NO3S. The Balaban J connectivity index is 4.75. The molecule has 86 valence electrons. The molecule has 0 saturated heterocycles. The zero-order chi connectivity index (χ0) is 11.6. The largest absolute Gasteiger partial charge is 0.389 e. The molecule has 0 saturated carbocycles. The number of hydrogen-bond acceptors (Lipinski definition) is 3. The molecule has 5 heteroatoms. The Bertz CT molecular complexity index is 264. The maximum atomic E-state index is 11.8. The molecule has 0 aromatic rings. The summed E-state index contributed by atoms with van der Waals surface area (Å²) >= 11 is 0. The lowest BCUT2D eigenvalue weighted by atomic mass is 10.1. The molecule has 0 aromatic heterocycles. The molecule has 14 heavy (non-hydrogen) atoms. The van der Waals surface area contributed by atoms with Gasteiger partial charge >= 0.3 is 0 Å². The van der Waals surface area contributed by atoms with Crippen molar-refractivity contribution in [2.75, 3.05) is 13.1 Å². The zero-order valence-electron chi connectivity index (χ0n) is 9.61. The minimum Gasteiger partial charge on any atom is -0.389 e. The number of aliphatic hydroxyl groups is 1. The first-order valence-electron chi connectivity index (χ1n) is 4.82. The Kier molecular flexibility index (Phi) is 4.55. The minimum atomic E-state index is -3.25. The van der Waals surface area contributed by atoms with Crippen LogP contribution in [-0.4, -0.2) is 41.8 Å². The Hall–Kier alpha value is -0.130. The standard InChI is InChI=1S/C9H21NO3S/c1-6-10(7-9(4,5)11)14(12,13)8(2)3/h8,11H,6-7H2,1-5H3. The molecule has 4 nitrogen and oxygen atoms in total. The molecule has 0 bridgehead atoms. The van der Waals surface area contributed by atoms with Crippen LogP contribution < -0.4 is 0 Å². The van der Waals surface area contributed by atoms with E-state index < -0.39 is 20.9 Å². The molecule has 0 spiro atoms. The van der Waals surface area contributed by atoms with Crippen LogP contribution in [-0.2, 0) is 10.0 Å². The van der Waals surface area contributed by atoms with E-state index in [0.717, 1.165) is 0 Å². The first-order valence-corrected chi connectivity index (χ1v) is 6.33. The van der Waals surface area contributed by atoms with E-state index in [2.05, 4.69) is 0 Å².